The highest BCUT2D eigenvalue weighted by molar-refractivity contribution is 5.97. The molecule has 304 valence electrons. The van der Waals surface area contributed by atoms with Crippen molar-refractivity contribution in [3.63, 3.8) is 0 Å². The van der Waals surface area contributed by atoms with Gasteiger partial charge in [-0.1, -0.05) is 175 Å². The number of hydrogen-bond donors (Lipinski definition) is 1. The molecule has 1 fully saturated rings. The van der Waals surface area contributed by atoms with E-state index in [1.54, 1.807) is 0 Å². The average molecular weight is 747 g/mol. The number of nitrogens with one attached hydrogen (secondary N) is 1. The Bertz CT molecular complexity index is 1620. The van der Waals surface area contributed by atoms with Gasteiger partial charge in [0.2, 0.25) is 0 Å². The van der Waals surface area contributed by atoms with Gasteiger partial charge in [-0.15, -0.1) is 0 Å². The highest BCUT2D eigenvalue weighted by atomic mass is 16.2. The third-order valence-electron chi connectivity index (χ3n) is 13.3. The van der Waals surface area contributed by atoms with Gasteiger partial charge in [-0.25, -0.2) is 0 Å². The Morgan fingerprint density at radius 3 is 1.37 bits per heavy atom. The first-order valence-electron chi connectivity index (χ1n) is 23.2. The van der Waals surface area contributed by atoms with Crippen molar-refractivity contribution in [2.75, 3.05) is 0 Å². The van der Waals surface area contributed by atoms with Gasteiger partial charge >= 0.3 is 0 Å². The maximum Gasteiger partial charge on any atom is 0.261 e. The second-order valence-electron chi connectivity index (χ2n) is 18.0. The standard InChI is InChI=1S/C48H78N2O4/c1-5-7-9-11-17-23-29-39-37(27-21-10-8-6-2)31-32-38(40(39)30-24-18-14-15-20-26-36(3)4)28-22-16-12-13-19-25-33-50-47(53)43-34-41-42(35-44(43)48(50)54)46(52)49-45(41)51/h34-40H,5-33H2,1-4H3,(H,49,51,52). The highest BCUT2D eigenvalue weighted by Gasteiger charge is 2.37. The van der Waals surface area contributed by atoms with Crippen LogP contribution in [0.1, 0.15) is 207 Å². The van der Waals surface area contributed by atoms with E-state index in [1.165, 1.54) is 177 Å². The van der Waals surface area contributed by atoms with E-state index in [4.69, 9.17) is 0 Å². The third-order valence-corrected chi connectivity index (χ3v) is 13.3. The van der Waals surface area contributed by atoms with Crippen LogP contribution in [-0.4, -0.2) is 9.55 Å². The summed E-state index contributed by atoms with van der Waals surface area (Å²) in [7, 11) is 0. The fourth-order valence-corrected chi connectivity index (χ4v) is 10.2. The van der Waals surface area contributed by atoms with E-state index in [2.05, 4.69) is 32.7 Å². The van der Waals surface area contributed by atoms with Crippen molar-refractivity contribution in [1.82, 2.24) is 9.55 Å². The van der Waals surface area contributed by atoms with Crippen molar-refractivity contribution < 1.29 is 0 Å². The van der Waals surface area contributed by atoms with Crippen molar-refractivity contribution >= 4 is 21.5 Å². The molecule has 54 heavy (non-hydrogen) atoms. The van der Waals surface area contributed by atoms with Crippen LogP contribution in [-0.2, 0) is 6.54 Å². The van der Waals surface area contributed by atoms with Gasteiger partial charge in [0, 0.05) is 6.54 Å². The van der Waals surface area contributed by atoms with Gasteiger partial charge in [0.1, 0.15) is 0 Å². The number of unbranched alkanes of at least 4 members (excludes halogenated alkanes) is 17. The lowest BCUT2D eigenvalue weighted by Crippen LogP contribution is -2.35. The lowest BCUT2D eigenvalue weighted by molar-refractivity contribution is 0.0581. The maximum atomic E-state index is 13.0. The molecule has 4 atom stereocenters. The molecule has 6 nitrogen and oxygen atoms in total. The number of fused-ring (bicyclic) bond motifs is 2. The van der Waals surface area contributed by atoms with Crippen LogP contribution < -0.4 is 22.2 Å². The molecule has 0 bridgehead atoms. The molecule has 4 rings (SSSR count). The molecule has 1 aliphatic carbocycles. The molecule has 4 unspecified atom stereocenters. The van der Waals surface area contributed by atoms with Gasteiger partial charge in [0.15, 0.2) is 0 Å². The molecule has 2 aromatic heterocycles. The SMILES string of the molecule is CCCCCCCCC1C(CCCCCC)CCC(CCCCCCCCn2c(=O)c3cc4c(=O)[nH]c(=O)c4cc3c2=O)C1CCCCCCCC(C)C. The van der Waals surface area contributed by atoms with Crippen molar-refractivity contribution in [2.24, 2.45) is 29.6 Å². The fourth-order valence-electron chi connectivity index (χ4n) is 10.2. The van der Waals surface area contributed by atoms with Gasteiger partial charge in [-0.2, -0.15) is 0 Å². The Kier molecular flexibility index (Phi) is 19.8. The van der Waals surface area contributed by atoms with E-state index in [0.717, 1.165) is 48.9 Å². The Balaban J connectivity index is 1.27. The summed E-state index contributed by atoms with van der Waals surface area (Å²) in [5.74, 6) is 4.56. The van der Waals surface area contributed by atoms with Crippen LogP contribution in [0.25, 0.3) is 21.5 Å². The lowest BCUT2D eigenvalue weighted by atomic mass is 9.61. The minimum atomic E-state index is -0.506. The number of aromatic nitrogens is 2. The predicted molar refractivity (Wildman–Crippen MR) is 231 cm³/mol. The van der Waals surface area contributed by atoms with Crippen molar-refractivity contribution in [1.29, 1.82) is 0 Å². The zero-order valence-electron chi connectivity index (χ0n) is 35.1. The highest BCUT2D eigenvalue weighted by Crippen LogP contribution is 2.48. The minimum absolute atomic E-state index is 0.185. The average Bonchev–Trinajstić information content (AvgIpc) is 3.57. The Labute approximate surface area is 327 Å². The number of benzene rings is 1. The number of rotatable bonds is 29. The van der Waals surface area contributed by atoms with E-state index >= 15 is 0 Å². The topological polar surface area (TPSA) is 89.0 Å². The van der Waals surface area contributed by atoms with E-state index in [9.17, 15) is 19.2 Å². The number of hydrogen-bond acceptors (Lipinski definition) is 4. The van der Waals surface area contributed by atoms with Gasteiger partial charge in [0.05, 0.1) is 21.5 Å². The predicted octanol–water partition coefficient (Wildman–Crippen LogP) is 12.5. The molecule has 0 aliphatic heterocycles. The van der Waals surface area contributed by atoms with Crippen LogP contribution in [0.2, 0.25) is 0 Å². The summed E-state index contributed by atoms with van der Waals surface area (Å²) in [6, 6.07) is 2.84. The van der Waals surface area contributed by atoms with Gasteiger partial charge in [-0.3, -0.25) is 28.7 Å². The molecule has 1 N–H and O–H groups in total. The molecule has 2 heterocycles. The molecule has 0 spiro atoms. The van der Waals surface area contributed by atoms with E-state index in [1.807, 2.05) is 0 Å². The first-order chi connectivity index (χ1) is 26.3. The summed E-state index contributed by atoms with van der Waals surface area (Å²) >= 11 is 0. The fraction of sp³-hybridized carbons (Fsp3) is 0.792. The lowest BCUT2D eigenvalue weighted by Gasteiger charge is -2.44. The maximum absolute atomic E-state index is 13.0. The molecule has 0 radical (unpaired) electrons. The summed E-state index contributed by atoms with van der Waals surface area (Å²) < 4.78 is 1.30. The van der Waals surface area contributed by atoms with E-state index < -0.39 is 11.1 Å². The zero-order valence-corrected chi connectivity index (χ0v) is 35.1. The van der Waals surface area contributed by atoms with Crippen molar-refractivity contribution in [3.8, 4) is 0 Å². The van der Waals surface area contributed by atoms with Crippen LogP contribution in [0.4, 0.5) is 0 Å². The minimum Gasteiger partial charge on any atom is -0.288 e. The number of aromatic amines is 1. The monoisotopic (exact) mass is 747 g/mol. The number of H-pyrrole nitrogens is 1. The van der Waals surface area contributed by atoms with Gasteiger partial charge in [0.25, 0.3) is 22.2 Å². The summed E-state index contributed by atoms with van der Waals surface area (Å²) in [4.78, 5) is 52.5. The molecule has 3 aromatic rings. The second kappa shape index (κ2) is 24.2. The molecule has 1 aromatic carbocycles. The molecule has 0 amide bonds. The zero-order chi connectivity index (χ0) is 38.7. The van der Waals surface area contributed by atoms with Crippen LogP contribution in [0, 0.1) is 29.6 Å². The normalized spacial score (nSPS) is 19.2. The van der Waals surface area contributed by atoms with E-state index in [-0.39, 0.29) is 32.7 Å². The van der Waals surface area contributed by atoms with E-state index in [0.29, 0.717) is 6.54 Å². The number of nitrogens with zero attached hydrogens (tertiary/aromatic N) is 1. The van der Waals surface area contributed by atoms with Gasteiger partial charge < -0.3 is 0 Å². The molecule has 6 heteroatoms. The summed E-state index contributed by atoms with van der Waals surface area (Å²) in [5, 5.41) is 0.848. The molecular formula is C48H78N2O4. The molecular weight excluding hydrogens is 669 g/mol. The van der Waals surface area contributed by atoms with Crippen LogP contribution in [0.3, 0.4) is 0 Å². The molecule has 0 saturated heterocycles. The molecule has 1 saturated carbocycles. The summed E-state index contributed by atoms with van der Waals surface area (Å²) in [6.07, 6.45) is 37.9. The van der Waals surface area contributed by atoms with Crippen molar-refractivity contribution in [2.45, 2.75) is 214 Å². The summed E-state index contributed by atoms with van der Waals surface area (Å²) in [6.45, 7) is 9.75. The summed E-state index contributed by atoms with van der Waals surface area (Å²) in [5.41, 5.74) is -1.71. The van der Waals surface area contributed by atoms with Crippen LogP contribution >= 0.6 is 0 Å². The van der Waals surface area contributed by atoms with Gasteiger partial charge in [-0.05, 0) is 73.8 Å². The first kappa shape index (κ1) is 44.2. The quantitative estimate of drug-likeness (QED) is 0.0716. The van der Waals surface area contributed by atoms with Crippen molar-refractivity contribution in [3.05, 3.63) is 53.5 Å². The second-order valence-corrected chi connectivity index (χ2v) is 18.0. The Hall–Kier alpha value is -2.50. The first-order valence-corrected chi connectivity index (χ1v) is 23.2. The third kappa shape index (κ3) is 13.3. The van der Waals surface area contributed by atoms with Crippen LogP contribution in [0.15, 0.2) is 31.3 Å². The molecule has 1 aliphatic rings. The smallest absolute Gasteiger partial charge is 0.261 e. The Morgan fingerprint density at radius 2 is 0.907 bits per heavy atom. The largest absolute Gasteiger partial charge is 0.288 e. The Morgan fingerprint density at radius 1 is 0.519 bits per heavy atom. The van der Waals surface area contributed by atoms with Crippen LogP contribution in [0.5, 0.6) is 0 Å².